The predicted molar refractivity (Wildman–Crippen MR) is 113 cm³/mol. The summed E-state index contributed by atoms with van der Waals surface area (Å²) in [5.41, 5.74) is 2.09. The van der Waals surface area contributed by atoms with Gasteiger partial charge in [0.25, 0.3) is 5.91 Å². The van der Waals surface area contributed by atoms with E-state index in [2.05, 4.69) is 15.5 Å². The number of nitrogens with one attached hydrogen (secondary N) is 1. The Morgan fingerprint density at radius 1 is 1.23 bits per heavy atom. The number of rotatable bonds is 7. The Labute approximate surface area is 179 Å². The summed E-state index contributed by atoms with van der Waals surface area (Å²) in [7, 11) is 0. The van der Waals surface area contributed by atoms with Gasteiger partial charge in [0.1, 0.15) is 5.82 Å². The van der Waals surface area contributed by atoms with Gasteiger partial charge in [0.15, 0.2) is 5.82 Å². The molecule has 0 aliphatic rings. The largest absolute Gasteiger partial charge is 0.389 e. The Kier molecular flexibility index (Phi) is 5.58. The second-order valence-corrected chi connectivity index (χ2v) is 7.73. The van der Waals surface area contributed by atoms with Crippen LogP contribution in [0.3, 0.4) is 0 Å². The average Bonchev–Trinajstić information content (AvgIpc) is 3.45. The van der Waals surface area contributed by atoms with Crippen molar-refractivity contribution < 1.29 is 14.1 Å². The molecule has 9 nitrogen and oxygen atoms in total. The molecule has 4 aromatic rings. The molecular formula is C20H17FN6O3S. The summed E-state index contributed by atoms with van der Waals surface area (Å²) in [5.74, 6) is -0.485. The first-order chi connectivity index (χ1) is 14.9. The fourth-order valence-electron chi connectivity index (χ4n) is 3.00. The zero-order valence-corrected chi connectivity index (χ0v) is 17.2. The Bertz CT molecular complexity index is 1260. The van der Waals surface area contributed by atoms with Crippen molar-refractivity contribution in [2.24, 2.45) is 0 Å². The zero-order chi connectivity index (χ0) is 22.0. The van der Waals surface area contributed by atoms with Crippen LogP contribution in [0.2, 0.25) is 0 Å². The number of carbonyl (C=O) groups is 1. The van der Waals surface area contributed by atoms with Gasteiger partial charge >= 0.3 is 5.82 Å². The molecule has 4 rings (SSSR count). The van der Waals surface area contributed by atoms with Gasteiger partial charge in [-0.3, -0.25) is 9.48 Å². The first-order valence-corrected chi connectivity index (χ1v) is 10.1. The maximum atomic E-state index is 13.9. The summed E-state index contributed by atoms with van der Waals surface area (Å²) >= 11 is 1.25. The van der Waals surface area contributed by atoms with Crippen molar-refractivity contribution in [3.8, 4) is 0 Å². The van der Waals surface area contributed by atoms with Gasteiger partial charge in [0, 0.05) is 17.3 Å². The van der Waals surface area contributed by atoms with E-state index in [0.29, 0.717) is 22.8 Å². The Morgan fingerprint density at radius 3 is 2.77 bits per heavy atom. The molecule has 0 aliphatic carbocycles. The quantitative estimate of drug-likeness (QED) is 0.347. The van der Waals surface area contributed by atoms with E-state index in [0.717, 1.165) is 11.3 Å². The van der Waals surface area contributed by atoms with Gasteiger partial charge in [-0.05, 0) is 34.9 Å². The summed E-state index contributed by atoms with van der Waals surface area (Å²) in [6.45, 7) is 2.40. The molecule has 0 atom stereocenters. The summed E-state index contributed by atoms with van der Waals surface area (Å²) in [5, 5.41) is 23.5. The molecule has 11 heteroatoms. The second kappa shape index (κ2) is 8.48. The first-order valence-electron chi connectivity index (χ1n) is 9.23. The number of halogens is 1. The second-order valence-electron chi connectivity index (χ2n) is 6.82. The minimum atomic E-state index is -0.559. The van der Waals surface area contributed by atoms with Crippen LogP contribution in [0.15, 0.2) is 54.0 Å². The topological polar surface area (TPSA) is 108 Å². The Balaban J connectivity index is 1.42. The van der Waals surface area contributed by atoms with Crippen molar-refractivity contribution in [3.63, 3.8) is 0 Å². The number of hydrogen-bond donors (Lipinski definition) is 1. The van der Waals surface area contributed by atoms with Crippen LogP contribution < -0.4 is 5.32 Å². The standard InChI is InChI=1S/C20H17FN6O3S/c1-13-8-18(23-26(13)11-15-4-2-3-5-16(15)21)22-20(28)17-9-14(12-31-17)10-25-7-6-19(24-25)27(29)30/h2-9,12H,10-11H2,1H3,(H,22,23,28). The molecule has 31 heavy (non-hydrogen) atoms. The number of nitrogens with zero attached hydrogens (tertiary/aromatic N) is 5. The van der Waals surface area contributed by atoms with Gasteiger partial charge in [-0.15, -0.1) is 11.3 Å². The number of anilines is 1. The van der Waals surface area contributed by atoms with Gasteiger partial charge in [-0.25, -0.2) is 4.39 Å². The maximum Gasteiger partial charge on any atom is 0.389 e. The molecule has 1 amide bonds. The molecule has 3 aromatic heterocycles. The van der Waals surface area contributed by atoms with E-state index in [1.54, 1.807) is 40.4 Å². The summed E-state index contributed by atoms with van der Waals surface area (Å²) in [6, 6.07) is 11.2. The van der Waals surface area contributed by atoms with E-state index in [9.17, 15) is 19.3 Å². The summed E-state index contributed by atoms with van der Waals surface area (Å²) in [6.07, 6.45) is 1.51. The van der Waals surface area contributed by atoms with Crippen LogP contribution in [-0.4, -0.2) is 30.4 Å². The van der Waals surface area contributed by atoms with Crippen molar-refractivity contribution in [2.75, 3.05) is 5.32 Å². The van der Waals surface area contributed by atoms with E-state index in [1.807, 2.05) is 6.92 Å². The van der Waals surface area contributed by atoms with Crippen LogP contribution in [0, 0.1) is 22.9 Å². The fourth-order valence-corrected chi connectivity index (χ4v) is 3.80. The molecule has 0 radical (unpaired) electrons. The molecule has 0 fully saturated rings. The SMILES string of the molecule is Cc1cc(NC(=O)c2cc(Cn3ccc([N+](=O)[O-])n3)cs2)nn1Cc1ccccc1F. The molecule has 0 bridgehead atoms. The Morgan fingerprint density at radius 2 is 2.03 bits per heavy atom. The van der Waals surface area contributed by atoms with E-state index < -0.39 is 4.92 Å². The van der Waals surface area contributed by atoms with E-state index in [1.165, 1.54) is 34.3 Å². The molecule has 0 saturated carbocycles. The molecule has 1 N–H and O–H groups in total. The summed E-state index contributed by atoms with van der Waals surface area (Å²) < 4.78 is 17.0. The molecule has 3 heterocycles. The Hall–Kier alpha value is -3.86. The number of nitro groups is 1. The van der Waals surface area contributed by atoms with Crippen molar-refractivity contribution in [3.05, 3.63) is 91.7 Å². The number of hydrogen-bond acceptors (Lipinski definition) is 6. The van der Waals surface area contributed by atoms with Crippen LogP contribution in [0.5, 0.6) is 0 Å². The molecule has 0 saturated heterocycles. The van der Waals surface area contributed by atoms with Crippen molar-refractivity contribution in [1.82, 2.24) is 19.6 Å². The van der Waals surface area contributed by atoms with Gasteiger partial charge in [0.2, 0.25) is 0 Å². The normalized spacial score (nSPS) is 10.9. The highest BCUT2D eigenvalue weighted by molar-refractivity contribution is 7.12. The molecule has 0 unspecified atom stereocenters. The predicted octanol–water partition coefficient (Wildman–Crippen LogP) is 3.85. The molecule has 158 valence electrons. The lowest BCUT2D eigenvalue weighted by atomic mass is 10.2. The van der Waals surface area contributed by atoms with Gasteiger partial charge < -0.3 is 15.4 Å². The van der Waals surface area contributed by atoms with E-state index in [4.69, 9.17) is 0 Å². The first kappa shape index (κ1) is 20.4. The van der Waals surface area contributed by atoms with Crippen molar-refractivity contribution in [2.45, 2.75) is 20.0 Å². The molecule has 0 aliphatic heterocycles. The highest BCUT2D eigenvalue weighted by atomic mass is 32.1. The summed E-state index contributed by atoms with van der Waals surface area (Å²) in [4.78, 5) is 23.2. The lowest BCUT2D eigenvalue weighted by Gasteiger charge is -2.05. The smallest absolute Gasteiger partial charge is 0.358 e. The lowest BCUT2D eigenvalue weighted by Crippen LogP contribution is -2.12. The van der Waals surface area contributed by atoms with Crippen LogP contribution >= 0.6 is 11.3 Å². The van der Waals surface area contributed by atoms with Gasteiger partial charge in [-0.2, -0.15) is 9.78 Å². The number of amides is 1. The third kappa shape index (κ3) is 4.67. The minimum Gasteiger partial charge on any atom is -0.358 e. The molecule has 0 spiro atoms. The zero-order valence-electron chi connectivity index (χ0n) is 16.4. The lowest BCUT2D eigenvalue weighted by molar-refractivity contribution is -0.389. The molecule has 1 aromatic carbocycles. The third-order valence-corrected chi connectivity index (χ3v) is 5.51. The number of aryl methyl sites for hydroxylation is 1. The number of thiophene rings is 1. The monoisotopic (exact) mass is 440 g/mol. The van der Waals surface area contributed by atoms with Crippen LogP contribution in [0.4, 0.5) is 16.0 Å². The van der Waals surface area contributed by atoms with Gasteiger partial charge in [-0.1, -0.05) is 18.2 Å². The van der Waals surface area contributed by atoms with Gasteiger partial charge in [0.05, 0.1) is 35.3 Å². The van der Waals surface area contributed by atoms with Crippen molar-refractivity contribution in [1.29, 1.82) is 0 Å². The molecular weight excluding hydrogens is 423 g/mol. The third-order valence-electron chi connectivity index (χ3n) is 4.54. The fraction of sp³-hybridized carbons (Fsp3) is 0.150. The highest BCUT2D eigenvalue weighted by Crippen LogP contribution is 2.19. The van der Waals surface area contributed by atoms with E-state index in [-0.39, 0.29) is 24.1 Å². The highest BCUT2D eigenvalue weighted by Gasteiger charge is 2.15. The maximum absolute atomic E-state index is 13.9. The average molecular weight is 440 g/mol. The van der Waals surface area contributed by atoms with Crippen LogP contribution in [0.1, 0.15) is 26.5 Å². The van der Waals surface area contributed by atoms with E-state index >= 15 is 0 Å². The minimum absolute atomic E-state index is 0.227. The van der Waals surface area contributed by atoms with Crippen molar-refractivity contribution >= 4 is 28.9 Å². The number of benzene rings is 1. The number of aromatic nitrogens is 4. The van der Waals surface area contributed by atoms with Crippen LogP contribution in [0.25, 0.3) is 0 Å². The number of carbonyl (C=O) groups excluding carboxylic acids is 1. The van der Waals surface area contributed by atoms with Crippen LogP contribution in [-0.2, 0) is 13.1 Å².